The van der Waals surface area contributed by atoms with Crippen LogP contribution in [0.3, 0.4) is 0 Å². The van der Waals surface area contributed by atoms with Crippen LogP contribution in [0.2, 0.25) is 0 Å². The van der Waals surface area contributed by atoms with Crippen LogP contribution < -0.4 is 0 Å². The van der Waals surface area contributed by atoms with E-state index in [1.54, 1.807) is 0 Å². The predicted octanol–water partition coefficient (Wildman–Crippen LogP) is 3.70. The largest absolute Gasteiger partial charge is 0.392 e. The van der Waals surface area contributed by atoms with Crippen molar-refractivity contribution in [1.82, 2.24) is 0 Å². The Bertz CT molecular complexity index is 250. The van der Waals surface area contributed by atoms with Crippen LogP contribution >= 0.6 is 0 Å². The van der Waals surface area contributed by atoms with Gasteiger partial charge in [-0.25, -0.2) is 0 Å². The van der Waals surface area contributed by atoms with Gasteiger partial charge in [-0.05, 0) is 43.4 Å². The third-order valence-corrected chi connectivity index (χ3v) is 3.77. The third-order valence-electron chi connectivity index (χ3n) is 3.77. The quantitative estimate of drug-likeness (QED) is 0.698. The van der Waals surface area contributed by atoms with Crippen molar-refractivity contribution in [1.29, 1.82) is 0 Å². The third kappa shape index (κ3) is 3.20. The molecule has 15 heavy (non-hydrogen) atoms. The lowest BCUT2D eigenvalue weighted by molar-refractivity contribution is 0.179. The van der Waals surface area contributed by atoms with Gasteiger partial charge in [0.25, 0.3) is 0 Å². The second-order valence-electron chi connectivity index (χ2n) is 5.50. The SMILES string of the molecule is C=C(CO)CCC1C(=C)CCCC1(C)C. The van der Waals surface area contributed by atoms with Gasteiger partial charge in [-0.3, -0.25) is 0 Å². The van der Waals surface area contributed by atoms with Gasteiger partial charge in [0.1, 0.15) is 0 Å². The predicted molar refractivity (Wildman–Crippen MR) is 65.7 cm³/mol. The van der Waals surface area contributed by atoms with Crippen LogP contribution in [0.15, 0.2) is 24.3 Å². The maximum Gasteiger partial charge on any atom is 0.0639 e. The van der Waals surface area contributed by atoms with Crippen LogP contribution in [0.5, 0.6) is 0 Å². The molecule has 1 nitrogen and oxygen atoms in total. The van der Waals surface area contributed by atoms with E-state index in [2.05, 4.69) is 27.0 Å². The zero-order chi connectivity index (χ0) is 11.5. The normalized spacial score (nSPS) is 25.3. The molecule has 1 fully saturated rings. The fourth-order valence-corrected chi connectivity index (χ4v) is 2.69. The number of hydrogen-bond acceptors (Lipinski definition) is 1. The van der Waals surface area contributed by atoms with Crippen molar-refractivity contribution in [2.24, 2.45) is 11.3 Å². The molecule has 0 radical (unpaired) electrons. The van der Waals surface area contributed by atoms with Gasteiger partial charge in [-0.1, -0.05) is 38.2 Å². The summed E-state index contributed by atoms with van der Waals surface area (Å²) in [5, 5.41) is 8.94. The van der Waals surface area contributed by atoms with Gasteiger partial charge in [-0.15, -0.1) is 0 Å². The first-order chi connectivity index (χ1) is 6.97. The molecule has 0 aromatic carbocycles. The molecular weight excluding hydrogens is 184 g/mol. The Morgan fingerprint density at radius 3 is 2.73 bits per heavy atom. The Kier molecular flexibility index (Phi) is 4.15. The highest BCUT2D eigenvalue weighted by atomic mass is 16.3. The van der Waals surface area contributed by atoms with Crippen LogP contribution in [0.1, 0.15) is 46.0 Å². The molecule has 0 saturated heterocycles. The molecule has 86 valence electrons. The van der Waals surface area contributed by atoms with Crippen LogP contribution in [0.25, 0.3) is 0 Å². The number of aliphatic hydroxyl groups excluding tert-OH is 1. The van der Waals surface area contributed by atoms with E-state index in [9.17, 15) is 0 Å². The molecule has 1 heteroatoms. The second kappa shape index (κ2) is 4.98. The minimum absolute atomic E-state index is 0.125. The minimum atomic E-state index is 0.125. The maximum absolute atomic E-state index is 8.94. The first kappa shape index (κ1) is 12.5. The molecule has 1 unspecified atom stereocenters. The Morgan fingerprint density at radius 1 is 1.53 bits per heavy atom. The zero-order valence-electron chi connectivity index (χ0n) is 10.2. The molecule has 0 aromatic heterocycles. The molecule has 0 amide bonds. The van der Waals surface area contributed by atoms with Crippen LogP contribution in [-0.4, -0.2) is 11.7 Å². The van der Waals surface area contributed by atoms with Gasteiger partial charge < -0.3 is 5.11 Å². The average molecular weight is 208 g/mol. The van der Waals surface area contributed by atoms with Gasteiger partial charge in [0.2, 0.25) is 0 Å². The lowest BCUT2D eigenvalue weighted by Crippen LogP contribution is -2.29. The lowest BCUT2D eigenvalue weighted by atomic mass is 9.65. The Hall–Kier alpha value is -0.560. The van der Waals surface area contributed by atoms with Crippen molar-refractivity contribution >= 4 is 0 Å². The summed E-state index contributed by atoms with van der Waals surface area (Å²) in [4.78, 5) is 0. The maximum atomic E-state index is 8.94. The molecule has 0 bridgehead atoms. The number of rotatable bonds is 4. The Labute approximate surface area is 93.9 Å². The van der Waals surface area contributed by atoms with Crippen molar-refractivity contribution in [3.63, 3.8) is 0 Å². The minimum Gasteiger partial charge on any atom is -0.392 e. The molecule has 1 saturated carbocycles. The van der Waals surface area contributed by atoms with Crippen LogP contribution in [0, 0.1) is 11.3 Å². The monoisotopic (exact) mass is 208 g/mol. The van der Waals surface area contributed by atoms with E-state index >= 15 is 0 Å². The van der Waals surface area contributed by atoms with Crippen LogP contribution in [0.4, 0.5) is 0 Å². The summed E-state index contributed by atoms with van der Waals surface area (Å²) in [5.74, 6) is 0.606. The summed E-state index contributed by atoms with van der Waals surface area (Å²) >= 11 is 0. The van der Waals surface area contributed by atoms with E-state index in [-0.39, 0.29) is 6.61 Å². The van der Waals surface area contributed by atoms with Gasteiger partial charge in [0.15, 0.2) is 0 Å². The first-order valence-corrected chi connectivity index (χ1v) is 5.92. The summed E-state index contributed by atoms with van der Waals surface area (Å²) in [5.41, 5.74) is 2.73. The molecule has 0 aromatic rings. The van der Waals surface area contributed by atoms with Crippen molar-refractivity contribution < 1.29 is 5.11 Å². The molecule has 1 N–H and O–H groups in total. The van der Waals surface area contributed by atoms with Crippen LogP contribution in [-0.2, 0) is 0 Å². The molecule has 1 aliphatic carbocycles. The van der Waals surface area contributed by atoms with Crippen molar-refractivity contribution in [3.05, 3.63) is 24.3 Å². The molecule has 0 spiro atoms. The summed E-state index contributed by atoms with van der Waals surface area (Å²) in [6, 6.07) is 0. The highest BCUT2D eigenvalue weighted by Crippen LogP contribution is 2.45. The van der Waals surface area contributed by atoms with Gasteiger partial charge in [0.05, 0.1) is 6.61 Å². The molecular formula is C14H24O. The van der Waals surface area contributed by atoms with E-state index in [0.29, 0.717) is 11.3 Å². The van der Waals surface area contributed by atoms with E-state index in [0.717, 1.165) is 18.4 Å². The second-order valence-corrected chi connectivity index (χ2v) is 5.50. The van der Waals surface area contributed by atoms with Gasteiger partial charge >= 0.3 is 0 Å². The number of aliphatic hydroxyl groups is 1. The van der Waals surface area contributed by atoms with E-state index in [1.807, 2.05) is 0 Å². The number of allylic oxidation sites excluding steroid dienone is 1. The summed E-state index contributed by atoms with van der Waals surface area (Å²) in [7, 11) is 0. The fraction of sp³-hybridized carbons (Fsp3) is 0.714. The van der Waals surface area contributed by atoms with E-state index in [4.69, 9.17) is 5.11 Å². The van der Waals surface area contributed by atoms with Gasteiger partial charge in [0, 0.05) is 0 Å². The lowest BCUT2D eigenvalue weighted by Gasteiger charge is -2.40. The highest BCUT2D eigenvalue weighted by Gasteiger charge is 2.33. The number of hydrogen-bond donors (Lipinski definition) is 1. The zero-order valence-corrected chi connectivity index (χ0v) is 10.2. The molecule has 1 aliphatic rings. The van der Waals surface area contributed by atoms with Crippen molar-refractivity contribution in [2.45, 2.75) is 46.0 Å². The smallest absolute Gasteiger partial charge is 0.0639 e. The summed E-state index contributed by atoms with van der Waals surface area (Å²) < 4.78 is 0. The van der Waals surface area contributed by atoms with E-state index < -0.39 is 0 Å². The first-order valence-electron chi connectivity index (χ1n) is 5.92. The molecule has 0 aliphatic heterocycles. The van der Waals surface area contributed by atoms with Crippen molar-refractivity contribution in [3.8, 4) is 0 Å². The van der Waals surface area contributed by atoms with Crippen molar-refractivity contribution in [2.75, 3.05) is 6.61 Å². The Morgan fingerprint density at radius 2 is 2.20 bits per heavy atom. The van der Waals surface area contributed by atoms with Gasteiger partial charge in [-0.2, -0.15) is 0 Å². The summed E-state index contributed by atoms with van der Waals surface area (Å²) in [6.45, 7) is 12.9. The standard InChI is InChI=1S/C14H24O/c1-11(10-15)7-8-13-12(2)6-5-9-14(13,3)4/h13,15H,1-2,5-10H2,3-4H3. The van der Waals surface area contributed by atoms with E-state index in [1.165, 1.54) is 24.8 Å². The molecule has 1 atom stereocenters. The summed E-state index contributed by atoms with van der Waals surface area (Å²) in [6.07, 6.45) is 5.79. The molecule has 0 heterocycles. The average Bonchev–Trinajstić information content (AvgIpc) is 2.15. The topological polar surface area (TPSA) is 20.2 Å². The highest BCUT2D eigenvalue weighted by molar-refractivity contribution is 5.10. The molecule has 1 rings (SSSR count). The fourth-order valence-electron chi connectivity index (χ4n) is 2.69. The Balaban J connectivity index is 2.56.